The van der Waals surface area contributed by atoms with E-state index in [9.17, 15) is 9.18 Å². The Morgan fingerprint density at radius 1 is 1.32 bits per heavy atom. The van der Waals surface area contributed by atoms with Gasteiger partial charge in [-0.3, -0.25) is 0 Å². The summed E-state index contributed by atoms with van der Waals surface area (Å²) in [6, 6.07) is 7.65. The molecule has 1 aliphatic heterocycles. The summed E-state index contributed by atoms with van der Waals surface area (Å²) in [6.07, 6.45) is 3.08. The molecule has 25 heavy (non-hydrogen) atoms. The van der Waals surface area contributed by atoms with Gasteiger partial charge in [-0.1, -0.05) is 6.08 Å². The van der Waals surface area contributed by atoms with Gasteiger partial charge in [0.25, 0.3) is 0 Å². The van der Waals surface area contributed by atoms with Crippen LogP contribution in [-0.4, -0.2) is 41.3 Å². The van der Waals surface area contributed by atoms with Crippen molar-refractivity contribution in [2.45, 2.75) is 6.42 Å². The minimum atomic E-state index is -0.936. The highest BCUT2D eigenvalue weighted by Crippen LogP contribution is 2.35. The topological polar surface area (TPSA) is 71.9 Å². The molecule has 1 aromatic carbocycles. The zero-order valence-corrected chi connectivity index (χ0v) is 13.6. The third-order valence-corrected chi connectivity index (χ3v) is 3.93. The molecule has 0 atom stereocenters. The standard InChI is InChI=1S/C18H17FN2O4/c1-24-16-11-13(19)4-5-15(16)25-17-14(3-2-8-20-17)12-6-9-21(10-7-12)18(22)23/h2-6,8,11H,7,9-10H2,1H3,(H,22,23). The number of rotatable bonds is 4. The lowest BCUT2D eigenvalue weighted by atomic mass is 10.0. The second-order valence-electron chi connectivity index (χ2n) is 5.46. The molecular weight excluding hydrogens is 327 g/mol. The highest BCUT2D eigenvalue weighted by Gasteiger charge is 2.20. The maximum atomic E-state index is 13.3. The van der Waals surface area contributed by atoms with E-state index in [1.165, 1.54) is 30.2 Å². The zero-order valence-electron chi connectivity index (χ0n) is 13.6. The Kier molecular flexibility index (Phi) is 4.83. The average Bonchev–Trinajstić information content (AvgIpc) is 2.63. The molecule has 1 aromatic heterocycles. The number of ether oxygens (including phenoxy) is 2. The number of benzene rings is 1. The second-order valence-corrected chi connectivity index (χ2v) is 5.46. The van der Waals surface area contributed by atoms with Gasteiger partial charge >= 0.3 is 6.09 Å². The first kappa shape index (κ1) is 16.8. The van der Waals surface area contributed by atoms with Crippen molar-refractivity contribution in [1.29, 1.82) is 0 Å². The highest BCUT2D eigenvalue weighted by atomic mass is 19.1. The number of methoxy groups -OCH3 is 1. The van der Waals surface area contributed by atoms with Crippen LogP contribution in [0, 0.1) is 5.82 Å². The Bertz CT molecular complexity index is 822. The molecule has 0 fully saturated rings. The number of carbonyl (C=O) groups is 1. The van der Waals surface area contributed by atoms with Gasteiger partial charge in [-0.05, 0) is 36.3 Å². The first-order valence-electron chi connectivity index (χ1n) is 7.72. The molecule has 1 amide bonds. The number of hydrogen-bond donors (Lipinski definition) is 1. The minimum Gasteiger partial charge on any atom is -0.493 e. The molecule has 6 nitrogen and oxygen atoms in total. The van der Waals surface area contributed by atoms with Gasteiger partial charge in [0.15, 0.2) is 11.5 Å². The normalized spacial score (nSPS) is 14.0. The van der Waals surface area contributed by atoms with Crippen molar-refractivity contribution in [1.82, 2.24) is 9.88 Å². The van der Waals surface area contributed by atoms with E-state index in [1.54, 1.807) is 12.3 Å². The Hall–Kier alpha value is -3.09. The first-order valence-corrected chi connectivity index (χ1v) is 7.72. The molecule has 2 aromatic rings. The molecule has 0 saturated heterocycles. The van der Waals surface area contributed by atoms with Crippen molar-refractivity contribution >= 4 is 11.7 Å². The van der Waals surface area contributed by atoms with Gasteiger partial charge in [-0.25, -0.2) is 14.2 Å². The van der Waals surface area contributed by atoms with Gasteiger partial charge in [0.05, 0.1) is 7.11 Å². The van der Waals surface area contributed by atoms with E-state index < -0.39 is 11.9 Å². The van der Waals surface area contributed by atoms with Crippen LogP contribution in [-0.2, 0) is 0 Å². The molecule has 1 N–H and O–H groups in total. The summed E-state index contributed by atoms with van der Waals surface area (Å²) in [7, 11) is 1.44. The lowest BCUT2D eigenvalue weighted by molar-refractivity contribution is 0.150. The number of aromatic nitrogens is 1. The van der Waals surface area contributed by atoms with Gasteiger partial charge in [0.1, 0.15) is 5.82 Å². The van der Waals surface area contributed by atoms with Crippen LogP contribution in [0.1, 0.15) is 12.0 Å². The summed E-state index contributed by atoms with van der Waals surface area (Å²) < 4.78 is 24.3. The van der Waals surface area contributed by atoms with E-state index in [1.807, 2.05) is 12.1 Å². The molecule has 7 heteroatoms. The van der Waals surface area contributed by atoms with Gasteiger partial charge in [0.2, 0.25) is 5.88 Å². The fourth-order valence-corrected chi connectivity index (χ4v) is 2.63. The smallest absolute Gasteiger partial charge is 0.407 e. The lowest BCUT2D eigenvalue weighted by Gasteiger charge is -2.24. The van der Waals surface area contributed by atoms with Gasteiger partial charge in [-0.2, -0.15) is 0 Å². The number of nitrogens with zero attached hydrogens (tertiary/aromatic N) is 2. The molecule has 0 bridgehead atoms. The minimum absolute atomic E-state index is 0.270. The summed E-state index contributed by atoms with van der Waals surface area (Å²) in [5, 5.41) is 9.04. The van der Waals surface area contributed by atoms with Crippen LogP contribution < -0.4 is 9.47 Å². The van der Waals surface area contributed by atoms with E-state index in [2.05, 4.69) is 4.98 Å². The Balaban J connectivity index is 1.89. The molecule has 2 heterocycles. The van der Waals surface area contributed by atoms with Crippen molar-refractivity contribution in [3.63, 3.8) is 0 Å². The number of halogens is 1. The Morgan fingerprint density at radius 3 is 2.84 bits per heavy atom. The van der Waals surface area contributed by atoms with Crippen LogP contribution in [0.3, 0.4) is 0 Å². The quantitative estimate of drug-likeness (QED) is 0.914. The number of amides is 1. The van der Waals surface area contributed by atoms with Crippen LogP contribution in [0.5, 0.6) is 17.4 Å². The van der Waals surface area contributed by atoms with Crippen LogP contribution >= 0.6 is 0 Å². The van der Waals surface area contributed by atoms with E-state index in [-0.39, 0.29) is 5.75 Å². The molecule has 0 spiro atoms. The number of carboxylic acid groups (broad SMARTS) is 1. The Morgan fingerprint density at radius 2 is 2.16 bits per heavy atom. The van der Waals surface area contributed by atoms with Gasteiger partial charge in [-0.15, -0.1) is 0 Å². The first-order chi connectivity index (χ1) is 12.1. The molecule has 0 saturated carbocycles. The summed E-state index contributed by atoms with van der Waals surface area (Å²) in [6.45, 7) is 0.730. The van der Waals surface area contributed by atoms with Crippen molar-refractivity contribution < 1.29 is 23.8 Å². The zero-order chi connectivity index (χ0) is 17.8. The Labute approximate surface area is 144 Å². The average molecular weight is 344 g/mol. The fraction of sp³-hybridized carbons (Fsp3) is 0.222. The lowest BCUT2D eigenvalue weighted by Crippen LogP contribution is -2.33. The maximum absolute atomic E-state index is 13.3. The number of pyridine rings is 1. The predicted molar refractivity (Wildman–Crippen MR) is 89.5 cm³/mol. The predicted octanol–water partition coefficient (Wildman–Crippen LogP) is 3.79. The SMILES string of the molecule is COc1cc(F)ccc1Oc1ncccc1C1=CCN(C(=O)O)CC1. The second kappa shape index (κ2) is 7.21. The van der Waals surface area contributed by atoms with Crippen molar-refractivity contribution in [3.8, 4) is 17.4 Å². The molecule has 0 unspecified atom stereocenters. The van der Waals surface area contributed by atoms with Crippen molar-refractivity contribution in [2.75, 3.05) is 20.2 Å². The van der Waals surface area contributed by atoms with E-state index in [4.69, 9.17) is 14.6 Å². The van der Waals surface area contributed by atoms with Crippen LogP contribution in [0.15, 0.2) is 42.6 Å². The molecule has 3 rings (SSSR count). The largest absolute Gasteiger partial charge is 0.493 e. The van der Waals surface area contributed by atoms with Crippen molar-refractivity contribution in [3.05, 3.63) is 54.0 Å². The number of hydrogen-bond acceptors (Lipinski definition) is 4. The van der Waals surface area contributed by atoms with E-state index in [0.717, 1.165) is 11.1 Å². The molecular formula is C18H17FN2O4. The third-order valence-electron chi connectivity index (χ3n) is 3.93. The maximum Gasteiger partial charge on any atom is 0.407 e. The van der Waals surface area contributed by atoms with E-state index in [0.29, 0.717) is 31.1 Å². The van der Waals surface area contributed by atoms with Crippen LogP contribution in [0.2, 0.25) is 0 Å². The molecule has 1 aliphatic rings. The molecule has 130 valence electrons. The van der Waals surface area contributed by atoms with E-state index >= 15 is 0 Å². The summed E-state index contributed by atoms with van der Waals surface area (Å²) in [4.78, 5) is 16.6. The van der Waals surface area contributed by atoms with Crippen LogP contribution in [0.25, 0.3) is 5.57 Å². The summed E-state index contributed by atoms with van der Waals surface area (Å²) in [5.41, 5.74) is 1.74. The molecule has 0 aliphatic carbocycles. The highest BCUT2D eigenvalue weighted by molar-refractivity contribution is 5.73. The summed E-state index contributed by atoms with van der Waals surface area (Å²) in [5.74, 6) is 0.565. The summed E-state index contributed by atoms with van der Waals surface area (Å²) >= 11 is 0. The third kappa shape index (κ3) is 3.71. The van der Waals surface area contributed by atoms with Crippen LogP contribution in [0.4, 0.5) is 9.18 Å². The van der Waals surface area contributed by atoms with Gasteiger partial charge < -0.3 is 19.5 Å². The van der Waals surface area contributed by atoms with Crippen molar-refractivity contribution in [2.24, 2.45) is 0 Å². The molecule has 0 radical (unpaired) electrons. The van der Waals surface area contributed by atoms with Gasteiger partial charge in [0, 0.05) is 30.9 Å². The fourth-order valence-electron chi connectivity index (χ4n) is 2.63. The monoisotopic (exact) mass is 344 g/mol.